The van der Waals surface area contributed by atoms with E-state index in [0.717, 1.165) is 42.9 Å². The van der Waals surface area contributed by atoms with Crippen LogP contribution in [0.2, 0.25) is 0 Å². The van der Waals surface area contributed by atoms with Gasteiger partial charge in [-0.2, -0.15) is 0 Å². The number of esters is 2. The van der Waals surface area contributed by atoms with E-state index in [2.05, 4.69) is 85.6 Å². The second kappa shape index (κ2) is 26.7. The molecule has 510 valence electrons. The predicted molar refractivity (Wildman–Crippen MR) is 335 cm³/mol. The van der Waals surface area contributed by atoms with E-state index in [4.69, 9.17) is 59.0 Å². The SMILES string of the molecule is CC(C)CCC[C@@H](C)[C@H]1CC[C@H]2[C@@H]3CC=C4CC(OC(=O)CCC(=O)OC[C@@H]5C[C@@H](OP(=O)(O)OC[C@@H]6C[C@@H](OP(=O)(O)OC[C@@H]7C[C@@H](O)[C@H](n8cnc9c(N)ncnc98)O7)[C@H](n7cnc8c(N)ncnc87)O6)[C@H](n6cnc7c(N)ncnc76)O5)CC[C@]4(C)[C@H]3CC[C@]12C. The number of aliphatic hydroxyl groups excluding tert-OH is 1. The zero-order chi connectivity index (χ0) is 66.0. The molecule has 0 amide bonds. The molecule has 9 N–H and O–H groups in total. The molecule has 6 fully saturated rings. The topological polar surface area (TPSA) is 421 Å². The molecule has 13 rings (SSSR count). The molecule has 0 aromatic carbocycles. The summed E-state index contributed by atoms with van der Waals surface area (Å²) in [6.45, 7) is 10.8. The highest BCUT2D eigenvalue weighted by atomic mass is 31.2. The molecule has 9 heterocycles. The second-order valence-corrected chi connectivity index (χ2v) is 30.4. The summed E-state index contributed by atoms with van der Waals surface area (Å²) < 4.78 is 85.2. The summed E-state index contributed by atoms with van der Waals surface area (Å²) in [7, 11) is -10.1. The van der Waals surface area contributed by atoms with Crippen LogP contribution in [0.1, 0.15) is 156 Å². The van der Waals surface area contributed by atoms with Crippen molar-refractivity contribution in [1.82, 2.24) is 58.6 Å². The fourth-order valence-corrected chi connectivity index (χ4v) is 18.7. The average molecular weight is 1350 g/mol. The number of hydrogen-bond donors (Lipinski definition) is 6. The first-order valence-electron chi connectivity index (χ1n) is 32.7. The van der Waals surface area contributed by atoms with E-state index in [1.807, 2.05) is 0 Å². The molecule has 0 spiro atoms. The minimum atomic E-state index is -5.09. The van der Waals surface area contributed by atoms with Gasteiger partial charge in [0, 0.05) is 25.7 Å². The molecule has 4 aliphatic carbocycles. The van der Waals surface area contributed by atoms with Gasteiger partial charge in [-0.05, 0) is 91.3 Å². The van der Waals surface area contributed by atoms with Crippen LogP contribution in [0.4, 0.5) is 17.5 Å². The van der Waals surface area contributed by atoms with Crippen LogP contribution in [0.3, 0.4) is 0 Å². The van der Waals surface area contributed by atoms with Crippen LogP contribution in [0, 0.1) is 46.3 Å². The maximum Gasteiger partial charge on any atom is 0.472 e. The minimum Gasteiger partial charge on any atom is -0.463 e. The summed E-state index contributed by atoms with van der Waals surface area (Å²) in [4.78, 5) is 86.9. The molecule has 7 aliphatic rings. The fraction of sp³-hybridized carbons (Fsp3) is 0.689. The van der Waals surface area contributed by atoms with Gasteiger partial charge in [-0.3, -0.25) is 41.4 Å². The van der Waals surface area contributed by atoms with Gasteiger partial charge in [0.2, 0.25) is 0 Å². The van der Waals surface area contributed by atoms with Crippen molar-refractivity contribution in [2.45, 2.75) is 199 Å². The summed E-state index contributed by atoms with van der Waals surface area (Å²) in [6.07, 6.45) is 11.8. The molecule has 19 atom stereocenters. The van der Waals surface area contributed by atoms with Gasteiger partial charge in [0.25, 0.3) is 0 Å². The number of imidazole rings is 3. The molecule has 6 aromatic heterocycles. The number of nitrogens with two attached hydrogens (primary N) is 3. The predicted octanol–water partition coefficient (Wildman–Crippen LogP) is 7.76. The number of phosphoric ester groups is 2. The number of allylic oxidation sites excluding steroid dienone is 1. The van der Waals surface area contributed by atoms with Gasteiger partial charge in [0.05, 0.1) is 63.3 Å². The summed E-state index contributed by atoms with van der Waals surface area (Å²) in [5, 5.41) is 11.0. The maximum absolute atomic E-state index is 14.1. The lowest BCUT2D eigenvalue weighted by Crippen LogP contribution is -2.51. The Kier molecular flexibility index (Phi) is 18.8. The van der Waals surface area contributed by atoms with Crippen molar-refractivity contribution >= 4 is 78.5 Å². The van der Waals surface area contributed by atoms with Crippen molar-refractivity contribution < 1.29 is 75.4 Å². The molecule has 31 nitrogen and oxygen atoms in total. The van der Waals surface area contributed by atoms with Crippen LogP contribution in [0.5, 0.6) is 0 Å². The van der Waals surface area contributed by atoms with E-state index >= 15 is 0 Å². The Morgan fingerprint density at radius 2 is 1.17 bits per heavy atom. The Balaban J connectivity index is 0.610. The largest absolute Gasteiger partial charge is 0.472 e. The Bertz CT molecular complexity index is 3890. The number of aromatic nitrogens is 12. The van der Waals surface area contributed by atoms with E-state index in [1.54, 1.807) is 0 Å². The molecule has 3 aliphatic heterocycles. The number of carbonyl (C=O) groups excluding carboxylic acids is 2. The summed E-state index contributed by atoms with van der Waals surface area (Å²) in [6, 6.07) is 0. The number of phosphoric acid groups is 2. The molecule has 6 aromatic rings. The van der Waals surface area contributed by atoms with Crippen molar-refractivity contribution in [2.75, 3.05) is 37.0 Å². The number of aliphatic hydroxyl groups is 1. The number of anilines is 3. The molecule has 94 heavy (non-hydrogen) atoms. The highest BCUT2D eigenvalue weighted by Crippen LogP contribution is 2.68. The molecule has 0 radical (unpaired) electrons. The van der Waals surface area contributed by atoms with Gasteiger partial charge < -0.3 is 55.8 Å². The van der Waals surface area contributed by atoms with Crippen molar-refractivity contribution in [3.63, 3.8) is 0 Å². The van der Waals surface area contributed by atoms with Crippen LogP contribution in [0.15, 0.2) is 49.6 Å². The maximum atomic E-state index is 14.1. The van der Waals surface area contributed by atoms with Gasteiger partial charge in [-0.15, -0.1) is 0 Å². The van der Waals surface area contributed by atoms with E-state index in [1.165, 1.54) is 102 Å². The van der Waals surface area contributed by atoms with Crippen LogP contribution < -0.4 is 17.2 Å². The lowest BCUT2D eigenvalue weighted by molar-refractivity contribution is -0.157. The summed E-state index contributed by atoms with van der Waals surface area (Å²) in [5.41, 5.74) is 21.4. The molecule has 3 unspecified atom stereocenters. The third-order valence-electron chi connectivity index (χ3n) is 21.3. The molecule has 3 saturated heterocycles. The summed E-state index contributed by atoms with van der Waals surface area (Å²) >= 11 is 0. The van der Waals surface area contributed by atoms with Crippen molar-refractivity contribution in [1.29, 1.82) is 0 Å². The normalized spacial score (nSPS) is 33.3. The van der Waals surface area contributed by atoms with E-state index in [9.17, 15) is 33.6 Å². The third-order valence-corrected chi connectivity index (χ3v) is 23.4. The van der Waals surface area contributed by atoms with Crippen LogP contribution in [-0.2, 0) is 60.5 Å². The Hall–Kier alpha value is -6.21. The van der Waals surface area contributed by atoms with Crippen molar-refractivity contribution in [3.8, 4) is 0 Å². The average Bonchev–Trinajstić information content (AvgIpc) is 1.32. The number of fused-ring (bicyclic) bond motifs is 8. The number of hydrogen-bond acceptors (Lipinski definition) is 26. The molecular formula is C61H85N15O16P2. The molecule has 0 bridgehead atoms. The number of carbonyl (C=O) groups is 2. The molecule has 33 heteroatoms. The summed E-state index contributed by atoms with van der Waals surface area (Å²) in [5.74, 6) is 3.44. The van der Waals surface area contributed by atoms with E-state index in [0.29, 0.717) is 34.8 Å². The van der Waals surface area contributed by atoms with Gasteiger partial charge >= 0.3 is 27.6 Å². The van der Waals surface area contributed by atoms with Gasteiger partial charge in [0.1, 0.15) is 66.6 Å². The highest BCUT2D eigenvalue weighted by molar-refractivity contribution is 7.47. The zero-order valence-corrected chi connectivity index (χ0v) is 55.1. The first kappa shape index (κ1) is 66.4. The molecular weight excluding hydrogens is 1260 g/mol. The van der Waals surface area contributed by atoms with Gasteiger partial charge in [-0.25, -0.2) is 54.0 Å². The van der Waals surface area contributed by atoms with Gasteiger partial charge in [-0.1, -0.05) is 65.5 Å². The number of ether oxygens (including phenoxy) is 5. The van der Waals surface area contributed by atoms with Crippen molar-refractivity contribution in [3.05, 3.63) is 49.6 Å². The fourth-order valence-electron chi connectivity index (χ4n) is 16.8. The quantitative estimate of drug-likeness (QED) is 0.0191. The third kappa shape index (κ3) is 13.4. The smallest absolute Gasteiger partial charge is 0.463 e. The van der Waals surface area contributed by atoms with Gasteiger partial charge in [0.15, 0.2) is 53.1 Å². The Morgan fingerprint density at radius 3 is 1.73 bits per heavy atom. The number of nitrogen functional groups attached to an aromatic ring is 3. The second-order valence-electron chi connectivity index (χ2n) is 27.6. The van der Waals surface area contributed by atoms with Crippen LogP contribution in [0.25, 0.3) is 33.5 Å². The Labute approximate surface area is 542 Å². The first-order valence-corrected chi connectivity index (χ1v) is 35.7. The number of rotatable bonds is 24. The van der Waals surface area contributed by atoms with E-state index < -0.39 is 96.1 Å². The minimum absolute atomic E-state index is 0.00717. The standard InChI is InChI=1S/C61H85N15O16P2/c1-32(2)7-6-8-33(3)40-11-12-41-39-10-9-34-19-35(15-17-60(34,4)42(39)16-18-61(40,41)5)87-47(79)14-13-46(78)84-23-37-21-44(58(89-37)75-30-72-49-52(63)66-27-69-55(49)75)91-94(82,83)86-25-38-22-45(59(90-38)76-31-73-50-53(64)67-28-70-56(50)76)92-93(80,81)85-24-36-20-43(77)57(88-36)74-29-71-48-51(62)65-26-68-54(48)74/h9,26-33,35-45,57-59,77H,6-8,10-25H2,1-5H3,(H,80,81)(H,82,83)(H2,62,65,68)(H2,63,66,69)(H2,64,67,70)/t33-,35?,36+,37+,38+,39+,40-,41+,42+,43-,44-,45-,57-,58-,59-,60+,61-/m1/s1. The number of nitrogens with zero attached hydrogens (tertiary/aromatic N) is 12. The van der Waals surface area contributed by atoms with E-state index in [-0.39, 0.29) is 90.0 Å². The zero-order valence-electron chi connectivity index (χ0n) is 53.4. The Morgan fingerprint density at radius 1 is 0.649 bits per heavy atom. The highest BCUT2D eigenvalue weighted by Gasteiger charge is 2.59. The van der Waals surface area contributed by atoms with Crippen molar-refractivity contribution in [2.24, 2.45) is 46.3 Å². The van der Waals surface area contributed by atoms with Crippen LogP contribution in [-0.4, -0.2) is 148 Å². The molecule has 3 saturated carbocycles. The lowest BCUT2D eigenvalue weighted by atomic mass is 9.47. The van der Waals surface area contributed by atoms with Crippen LogP contribution >= 0.6 is 15.6 Å². The monoisotopic (exact) mass is 1350 g/mol. The first-order chi connectivity index (χ1) is 44.9. The lowest BCUT2D eigenvalue weighted by Gasteiger charge is -2.58.